The normalized spacial score (nSPS) is 19.6. The van der Waals surface area contributed by atoms with E-state index in [-0.39, 0.29) is 29.2 Å². The van der Waals surface area contributed by atoms with Crippen LogP contribution in [0.3, 0.4) is 0 Å². The summed E-state index contributed by atoms with van der Waals surface area (Å²) in [7, 11) is 1.62. The molecule has 0 bridgehead atoms. The number of Topliss-reactive ketones (excluding diaryl/α,β-unsaturated/α-hetero) is 1. The second-order valence-corrected chi connectivity index (χ2v) is 11.0. The van der Waals surface area contributed by atoms with Crippen LogP contribution in [0.5, 0.6) is 5.75 Å². The number of halogens is 2. The predicted molar refractivity (Wildman–Crippen MR) is 144 cm³/mol. The maximum atomic E-state index is 14.1. The van der Waals surface area contributed by atoms with Gasteiger partial charge in [0.15, 0.2) is 5.78 Å². The number of ether oxygens (including phenoxy) is 2. The number of benzene rings is 2. The smallest absolute Gasteiger partial charge is 0.336 e. The van der Waals surface area contributed by atoms with E-state index in [1.165, 1.54) is 6.07 Å². The molecule has 1 N–H and O–H groups in total. The Bertz CT molecular complexity index is 1240. The van der Waals surface area contributed by atoms with Gasteiger partial charge in [0, 0.05) is 41.0 Å². The minimum Gasteiger partial charge on any atom is -0.496 e. The molecule has 1 heterocycles. The van der Waals surface area contributed by atoms with Gasteiger partial charge in [0.25, 0.3) is 0 Å². The minimum absolute atomic E-state index is 0.0514. The Hall–Kier alpha value is -2.58. The fourth-order valence-corrected chi connectivity index (χ4v) is 5.86. The van der Waals surface area contributed by atoms with E-state index in [0.29, 0.717) is 34.6 Å². The van der Waals surface area contributed by atoms with Crippen molar-refractivity contribution in [2.75, 3.05) is 25.2 Å². The number of para-hydroxylation sites is 1. The highest BCUT2D eigenvalue weighted by Crippen LogP contribution is 2.47. The Morgan fingerprint density at radius 3 is 2.72 bits per heavy atom. The second-order valence-electron chi connectivity index (χ2n) is 8.77. The molecule has 0 saturated heterocycles. The van der Waals surface area contributed by atoms with Crippen molar-refractivity contribution in [1.82, 2.24) is 5.32 Å². The average Bonchev–Trinajstić information content (AvgIpc) is 2.87. The highest BCUT2D eigenvalue weighted by molar-refractivity contribution is 9.10. The van der Waals surface area contributed by atoms with Crippen molar-refractivity contribution in [3.05, 3.63) is 86.4 Å². The predicted octanol–water partition coefficient (Wildman–Crippen LogP) is 6.25. The molecule has 0 amide bonds. The first kappa shape index (κ1) is 26.5. The lowest BCUT2D eigenvalue weighted by atomic mass is 9.71. The molecular weight excluding hydrogens is 545 g/mol. The quantitative estimate of drug-likeness (QED) is 0.297. The number of allylic oxidation sites excluding steroid dienone is 3. The van der Waals surface area contributed by atoms with E-state index >= 15 is 0 Å². The van der Waals surface area contributed by atoms with E-state index in [0.717, 1.165) is 22.8 Å². The van der Waals surface area contributed by atoms with Crippen LogP contribution in [0.4, 0.5) is 4.39 Å². The molecule has 1 aliphatic heterocycles. The van der Waals surface area contributed by atoms with E-state index in [9.17, 15) is 14.0 Å². The summed E-state index contributed by atoms with van der Waals surface area (Å²) < 4.78 is 25.5. The molecule has 0 spiro atoms. The minimum atomic E-state index is -0.643. The van der Waals surface area contributed by atoms with Gasteiger partial charge in [-0.1, -0.05) is 31.2 Å². The Balaban J connectivity index is 1.75. The number of hydrogen-bond acceptors (Lipinski definition) is 6. The Kier molecular flexibility index (Phi) is 8.57. The molecule has 0 aromatic heterocycles. The van der Waals surface area contributed by atoms with Gasteiger partial charge in [0.05, 0.1) is 17.2 Å². The van der Waals surface area contributed by atoms with E-state index in [1.54, 1.807) is 31.0 Å². The number of thioether (sulfide) groups is 1. The van der Waals surface area contributed by atoms with Crippen molar-refractivity contribution in [1.29, 1.82) is 0 Å². The fraction of sp³-hybridized carbons (Fsp3) is 0.357. The third kappa shape index (κ3) is 5.39. The summed E-state index contributed by atoms with van der Waals surface area (Å²) in [5.74, 6) is 0.749. The summed E-state index contributed by atoms with van der Waals surface area (Å²) in [4.78, 5) is 27.0. The first-order valence-corrected chi connectivity index (χ1v) is 13.9. The zero-order chi connectivity index (χ0) is 25.8. The molecule has 2 aliphatic rings. The summed E-state index contributed by atoms with van der Waals surface area (Å²) >= 11 is 4.95. The number of dihydropyridines is 1. The van der Waals surface area contributed by atoms with Crippen molar-refractivity contribution in [3.63, 3.8) is 0 Å². The van der Waals surface area contributed by atoms with Gasteiger partial charge in [0.2, 0.25) is 0 Å². The van der Waals surface area contributed by atoms with Gasteiger partial charge in [0.1, 0.15) is 18.2 Å². The molecule has 190 valence electrons. The molecule has 0 saturated carbocycles. The van der Waals surface area contributed by atoms with Gasteiger partial charge >= 0.3 is 5.97 Å². The van der Waals surface area contributed by atoms with Crippen molar-refractivity contribution in [3.8, 4) is 5.75 Å². The first-order valence-electron chi connectivity index (χ1n) is 11.9. The van der Waals surface area contributed by atoms with Crippen LogP contribution in [0.25, 0.3) is 0 Å². The summed E-state index contributed by atoms with van der Waals surface area (Å²) in [5.41, 5.74) is 3.99. The fourth-order valence-electron chi connectivity index (χ4n) is 4.97. The van der Waals surface area contributed by atoms with Crippen LogP contribution >= 0.6 is 27.7 Å². The highest BCUT2D eigenvalue weighted by Gasteiger charge is 2.42. The number of ketones is 1. The largest absolute Gasteiger partial charge is 0.496 e. The molecule has 0 unspecified atom stereocenters. The first-order chi connectivity index (χ1) is 17.3. The van der Waals surface area contributed by atoms with Crippen molar-refractivity contribution < 1.29 is 23.5 Å². The lowest BCUT2D eigenvalue weighted by Crippen LogP contribution is -2.36. The van der Waals surface area contributed by atoms with E-state index in [2.05, 4.69) is 21.2 Å². The van der Waals surface area contributed by atoms with Crippen LogP contribution in [0.2, 0.25) is 0 Å². The third-order valence-electron chi connectivity index (χ3n) is 6.57. The zero-order valence-corrected chi connectivity index (χ0v) is 22.9. The van der Waals surface area contributed by atoms with Gasteiger partial charge in [-0.2, -0.15) is 11.8 Å². The van der Waals surface area contributed by atoms with Crippen LogP contribution in [0, 0.1) is 5.82 Å². The molecule has 0 radical (unpaired) electrons. The third-order valence-corrected chi connectivity index (χ3v) is 8.04. The van der Waals surface area contributed by atoms with Crippen LogP contribution in [-0.4, -0.2) is 37.0 Å². The Morgan fingerprint density at radius 2 is 2.00 bits per heavy atom. The number of carbonyl (C=O) groups excluding carboxylic acids is 2. The molecule has 2 atom stereocenters. The number of esters is 1. The van der Waals surface area contributed by atoms with Gasteiger partial charge in [-0.3, -0.25) is 4.79 Å². The summed E-state index contributed by atoms with van der Waals surface area (Å²) in [6, 6.07) is 12.4. The maximum absolute atomic E-state index is 14.1. The maximum Gasteiger partial charge on any atom is 0.336 e. The zero-order valence-electron chi connectivity index (χ0n) is 20.5. The van der Waals surface area contributed by atoms with Crippen LogP contribution in [-0.2, 0) is 14.3 Å². The van der Waals surface area contributed by atoms with Crippen molar-refractivity contribution >= 4 is 39.4 Å². The van der Waals surface area contributed by atoms with Crippen LogP contribution < -0.4 is 10.1 Å². The van der Waals surface area contributed by atoms with Gasteiger partial charge < -0.3 is 14.8 Å². The molecule has 0 fully saturated rings. The average molecular weight is 575 g/mol. The van der Waals surface area contributed by atoms with Crippen molar-refractivity contribution in [2.24, 2.45) is 0 Å². The molecule has 4 rings (SSSR count). The van der Waals surface area contributed by atoms with E-state index in [4.69, 9.17) is 9.47 Å². The van der Waals surface area contributed by atoms with Gasteiger partial charge in [-0.25, -0.2) is 9.18 Å². The number of hydrogen-bond donors (Lipinski definition) is 1. The van der Waals surface area contributed by atoms with Crippen molar-refractivity contribution in [2.45, 2.75) is 38.5 Å². The molecule has 1 aliphatic carbocycles. The van der Waals surface area contributed by atoms with Gasteiger partial charge in [-0.15, -0.1) is 0 Å². The molecule has 36 heavy (non-hydrogen) atoms. The Labute approximate surface area is 223 Å². The topological polar surface area (TPSA) is 64.6 Å². The monoisotopic (exact) mass is 573 g/mol. The lowest BCUT2D eigenvalue weighted by Gasteiger charge is -2.37. The highest BCUT2D eigenvalue weighted by atomic mass is 79.9. The number of methoxy groups -OCH3 is 1. The molecule has 2 aromatic carbocycles. The molecule has 8 heteroatoms. The van der Waals surface area contributed by atoms with E-state index in [1.807, 2.05) is 38.1 Å². The van der Waals surface area contributed by atoms with E-state index < -0.39 is 17.7 Å². The molecule has 5 nitrogen and oxygen atoms in total. The number of rotatable bonds is 8. The molecule has 2 aromatic rings. The second kappa shape index (κ2) is 11.6. The summed E-state index contributed by atoms with van der Waals surface area (Å²) in [6.07, 6.45) is 0.876. The van der Waals surface area contributed by atoms with Crippen LogP contribution in [0.15, 0.2) is 69.5 Å². The number of nitrogens with one attached hydrogen (secondary N) is 1. The summed E-state index contributed by atoms with van der Waals surface area (Å²) in [5, 5.41) is 3.35. The SMILES string of the molecule is CCSCCOC(=O)C1=C(C)NC2=C(C(=O)C[C@H](c3ccccc3OC)C2)[C@@H]1c1ccc(F)c(Br)c1. The summed E-state index contributed by atoms with van der Waals surface area (Å²) in [6.45, 7) is 4.15. The van der Waals surface area contributed by atoms with Gasteiger partial charge in [-0.05, 0) is 64.4 Å². The lowest BCUT2D eigenvalue weighted by molar-refractivity contribution is -0.138. The number of carbonyl (C=O) groups is 2. The molecular formula is C28H29BrFNO4S. The van der Waals surface area contributed by atoms with Crippen LogP contribution in [0.1, 0.15) is 49.7 Å². The standard InChI is InChI=1S/C28H29BrFNO4S/c1-4-36-12-11-35-28(33)25-16(2)31-22-14-18(19-7-5-6-8-24(19)34-3)15-23(32)27(22)26(25)17-9-10-21(30)20(29)13-17/h5-10,13,18,26,31H,4,11-12,14-15H2,1-3H3/t18-,26-/m1/s1. The Morgan fingerprint density at radius 1 is 1.22 bits per heavy atom.